The van der Waals surface area contributed by atoms with Crippen LogP contribution in [0.3, 0.4) is 0 Å². The van der Waals surface area contributed by atoms with Crippen LogP contribution in [-0.2, 0) is 16.0 Å². The van der Waals surface area contributed by atoms with Crippen molar-refractivity contribution < 1.29 is 9.47 Å². The Morgan fingerprint density at radius 3 is 2.88 bits per heavy atom. The zero-order valence-electron chi connectivity index (χ0n) is 14.8. The third-order valence-electron chi connectivity index (χ3n) is 4.86. The normalized spacial score (nSPS) is 27.0. The van der Waals surface area contributed by atoms with E-state index in [0.717, 1.165) is 50.1 Å². The quantitative estimate of drug-likeness (QED) is 0.826. The third kappa shape index (κ3) is 3.50. The molecule has 134 valence electrons. The molecule has 2 aliphatic heterocycles. The molecule has 0 aromatic carbocycles. The van der Waals surface area contributed by atoms with E-state index in [1.54, 1.807) is 12.4 Å². The van der Waals surface area contributed by atoms with Crippen molar-refractivity contribution in [2.45, 2.75) is 44.9 Å². The maximum absolute atomic E-state index is 6.48. The van der Waals surface area contributed by atoms with E-state index < -0.39 is 0 Å². The minimum absolute atomic E-state index is 0.125. The maximum atomic E-state index is 6.48. The molecule has 4 rings (SSSR count). The summed E-state index contributed by atoms with van der Waals surface area (Å²) < 4.78 is 14.3. The Hall–Kier alpha value is -2.06. The van der Waals surface area contributed by atoms with Gasteiger partial charge in [-0.2, -0.15) is 5.10 Å². The van der Waals surface area contributed by atoms with Crippen molar-refractivity contribution >= 4 is 5.95 Å². The molecule has 4 heterocycles. The standard InChI is InChI=1S/C17H24N6O2/c1-13-20-14(2)23(21-13)10-15-4-5-17(25-15)11-22(8-9-24-12-17)16-18-6-3-7-19-16/h3,6-7,15H,4-5,8-12H2,1-2H3/t15-,17+/m0/s1. The van der Waals surface area contributed by atoms with E-state index in [4.69, 9.17) is 9.47 Å². The second-order valence-electron chi connectivity index (χ2n) is 6.87. The molecule has 2 saturated heterocycles. The van der Waals surface area contributed by atoms with Crippen LogP contribution in [0.15, 0.2) is 18.5 Å². The Labute approximate surface area is 147 Å². The number of anilines is 1. The molecule has 8 heteroatoms. The lowest BCUT2D eigenvalue weighted by Crippen LogP contribution is -2.45. The minimum atomic E-state index is -0.302. The van der Waals surface area contributed by atoms with Crippen LogP contribution in [0.2, 0.25) is 0 Å². The molecule has 2 fully saturated rings. The molecule has 25 heavy (non-hydrogen) atoms. The molecule has 1 spiro atoms. The molecule has 0 unspecified atom stereocenters. The highest BCUT2D eigenvalue weighted by Gasteiger charge is 2.43. The van der Waals surface area contributed by atoms with Gasteiger partial charge in [0.15, 0.2) is 0 Å². The van der Waals surface area contributed by atoms with Gasteiger partial charge >= 0.3 is 0 Å². The number of aryl methyl sites for hydroxylation is 2. The summed E-state index contributed by atoms with van der Waals surface area (Å²) in [5.41, 5.74) is -0.302. The van der Waals surface area contributed by atoms with Crippen LogP contribution >= 0.6 is 0 Å². The van der Waals surface area contributed by atoms with Crippen molar-refractivity contribution in [2.24, 2.45) is 0 Å². The number of nitrogens with zero attached hydrogens (tertiary/aromatic N) is 6. The van der Waals surface area contributed by atoms with Crippen LogP contribution in [0.4, 0.5) is 5.95 Å². The molecule has 0 amide bonds. The average molecular weight is 344 g/mol. The van der Waals surface area contributed by atoms with Crippen molar-refractivity contribution in [3.63, 3.8) is 0 Å². The van der Waals surface area contributed by atoms with Crippen LogP contribution in [0.1, 0.15) is 24.5 Å². The summed E-state index contributed by atoms with van der Waals surface area (Å²) in [6.07, 6.45) is 5.63. The van der Waals surface area contributed by atoms with Crippen molar-refractivity contribution in [3.8, 4) is 0 Å². The highest BCUT2D eigenvalue weighted by Crippen LogP contribution is 2.34. The number of rotatable bonds is 3. The summed E-state index contributed by atoms with van der Waals surface area (Å²) in [5, 5.41) is 4.45. The van der Waals surface area contributed by atoms with E-state index in [1.165, 1.54) is 0 Å². The Morgan fingerprint density at radius 1 is 1.28 bits per heavy atom. The summed E-state index contributed by atoms with van der Waals surface area (Å²) in [7, 11) is 0. The van der Waals surface area contributed by atoms with E-state index in [-0.39, 0.29) is 11.7 Å². The summed E-state index contributed by atoms with van der Waals surface area (Å²) >= 11 is 0. The van der Waals surface area contributed by atoms with Gasteiger partial charge in [0.25, 0.3) is 0 Å². The molecule has 0 radical (unpaired) electrons. The van der Waals surface area contributed by atoms with Gasteiger partial charge in [0, 0.05) is 18.9 Å². The molecule has 0 aliphatic carbocycles. The molecule has 0 N–H and O–H groups in total. The van der Waals surface area contributed by atoms with Gasteiger partial charge < -0.3 is 14.4 Å². The number of hydrogen-bond acceptors (Lipinski definition) is 7. The van der Waals surface area contributed by atoms with Crippen LogP contribution in [0, 0.1) is 13.8 Å². The highest BCUT2D eigenvalue weighted by atomic mass is 16.6. The monoisotopic (exact) mass is 344 g/mol. The van der Waals surface area contributed by atoms with Crippen molar-refractivity contribution in [1.29, 1.82) is 0 Å². The molecule has 8 nitrogen and oxygen atoms in total. The predicted octanol–water partition coefficient (Wildman–Crippen LogP) is 1.14. The second-order valence-corrected chi connectivity index (χ2v) is 6.87. The lowest BCUT2D eigenvalue weighted by molar-refractivity contribution is -0.0809. The van der Waals surface area contributed by atoms with Gasteiger partial charge in [-0.15, -0.1) is 0 Å². The molecule has 0 saturated carbocycles. The van der Waals surface area contributed by atoms with Gasteiger partial charge in [0.2, 0.25) is 5.95 Å². The first-order chi connectivity index (χ1) is 12.1. The topological polar surface area (TPSA) is 78.2 Å². The molecule has 2 aromatic rings. The average Bonchev–Trinajstić information content (AvgIpc) is 3.06. The first-order valence-corrected chi connectivity index (χ1v) is 8.79. The smallest absolute Gasteiger partial charge is 0.225 e. The molecule has 2 aromatic heterocycles. The summed E-state index contributed by atoms with van der Waals surface area (Å²) in [6.45, 7) is 7.43. The molecular weight excluding hydrogens is 320 g/mol. The van der Waals surface area contributed by atoms with Crippen LogP contribution in [-0.4, -0.2) is 62.7 Å². The fourth-order valence-electron chi connectivity index (χ4n) is 3.70. The zero-order valence-corrected chi connectivity index (χ0v) is 14.8. The molecule has 0 bridgehead atoms. The number of hydrogen-bond donors (Lipinski definition) is 0. The Morgan fingerprint density at radius 2 is 2.12 bits per heavy atom. The third-order valence-corrected chi connectivity index (χ3v) is 4.86. The van der Waals surface area contributed by atoms with Crippen LogP contribution < -0.4 is 4.90 Å². The predicted molar refractivity (Wildman–Crippen MR) is 91.4 cm³/mol. The lowest BCUT2D eigenvalue weighted by atomic mass is 10.0. The highest BCUT2D eigenvalue weighted by molar-refractivity contribution is 5.30. The van der Waals surface area contributed by atoms with Crippen LogP contribution in [0.5, 0.6) is 0 Å². The van der Waals surface area contributed by atoms with Crippen molar-refractivity contribution in [2.75, 3.05) is 31.2 Å². The first kappa shape index (κ1) is 16.4. The number of ether oxygens (including phenoxy) is 2. The Balaban J connectivity index is 1.47. The summed E-state index contributed by atoms with van der Waals surface area (Å²) in [6, 6.07) is 1.83. The van der Waals surface area contributed by atoms with E-state index in [9.17, 15) is 0 Å². The minimum Gasteiger partial charge on any atom is -0.377 e. The SMILES string of the molecule is Cc1nc(C)n(C[C@@H]2CC[C@@]3(COCCN(c4ncccn4)C3)O2)n1. The fraction of sp³-hybridized carbons (Fsp3) is 0.647. The number of aromatic nitrogens is 5. The lowest BCUT2D eigenvalue weighted by Gasteiger charge is -2.31. The molecule has 2 atom stereocenters. The van der Waals surface area contributed by atoms with Crippen molar-refractivity contribution in [3.05, 3.63) is 30.1 Å². The maximum Gasteiger partial charge on any atom is 0.225 e. The van der Waals surface area contributed by atoms with E-state index in [1.807, 2.05) is 24.6 Å². The molecular formula is C17H24N6O2. The fourth-order valence-corrected chi connectivity index (χ4v) is 3.70. The van der Waals surface area contributed by atoms with Crippen molar-refractivity contribution in [1.82, 2.24) is 24.7 Å². The van der Waals surface area contributed by atoms with E-state index in [2.05, 4.69) is 25.0 Å². The van der Waals surface area contributed by atoms with Gasteiger partial charge in [-0.25, -0.2) is 19.6 Å². The van der Waals surface area contributed by atoms with Gasteiger partial charge in [0.05, 0.1) is 32.4 Å². The van der Waals surface area contributed by atoms with E-state index >= 15 is 0 Å². The molecule has 2 aliphatic rings. The van der Waals surface area contributed by atoms with E-state index in [0.29, 0.717) is 13.2 Å². The zero-order chi connectivity index (χ0) is 17.3. The second kappa shape index (κ2) is 6.68. The summed E-state index contributed by atoms with van der Waals surface area (Å²) in [5.74, 6) is 2.47. The summed E-state index contributed by atoms with van der Waals surface area (Å²) in [4.78, 5) is 15.3. The van der Waals surface area contributed by atoms with Gasteiger partial charge in [0.1, 0.15) is 17.2 Å². The van der Waals surface area contributed by atoms with Gasteiger partial charge in [-0.1, -0.05) is 0 Å². The Bertz CT molecular complexity index is 721. The van der Waals surface area contributed by atoms with Crippen LogP contribution in [0.25, 0.3) is 0 Å². The van der Waals surface area contributed by atoms with Gasteiger partial charge in [-0.3, -0.25) is 0 Å². The van der Waals surface area contributed by atoms with Gasteiger partial charge in [-0.05, 0) is 32.8 Å². The largest absolute Gasteiger partial charge is 0.377 e. The first-order valence-electron chi connectivity index (χ1n) is 8.79. The Kier molecular flexibility index (Phi) is 4.39.